The van der Waals surface area contributed by atoms with Crippen LogP contribution in [-0.2, 0) is 14.8 Å². The van der Waals surface area contributed by atoms with Crippen molar-refractivity contribution in [3.8, 4) is 0 Å². The molecule has 0 saturated carbocycles. The number of fused-ring (bicyclic) bond motifs is 1. The molecule has 1 aromatic heterocycles. The molecule has 0 aliphatic carbocycles. The molecule has 5 rings (SSSR count). The summed E-state index contributed by atoms with van der Waals surface area (Å²) in [5, 5.41) is 0.642. The molecule has 194 valence electrons. The third kappa shape index (κ3) is 4.48. The average molecular weight is 530 g/mol. The Balaban J connectivity index is 1.71. The van der Waals surface area contributed by atoms with Gasteiger partial charge in [0, 0.05) is 30.6 Å². The summed E-state index contributed by atoms with van der Waals surface area (Å²) in [5.74, 6) is -1.47. The van der Waals surface area contributed by atoms with Crippen molar-refractivity contribution in [1.29, 1.82) is 0 Å². The van der Waals surface area contributed by atoms with Crippen LogP contribution in [0.15, 0.2) is 102 Å². The van der Waals surface area contributed by atoms with E-state index >= 15 is 0 Å². The highest BCUT2D eigenvalue weighted by Gasteiger charge is 2.50. The highest BCUT2D eigenvalue weighted by Crippen LogP contribution is 2.38. The molecule has 2 heterocycles. The van der Waals surface area contributed by atoms with Crippen LogP contribution in [-0.4, -0.2) is 59.7 Å². The molecule has 0 bridgehead atoms. The first kappa shape index (κ1) is 25.4. The molecule has 38 heavy (non-hydrogen) atoms. The lowest BCUT2D eigenvalue weighted by molar-refractivity contribution is -0.125. The van der Waals surface area contributed by atoms with E-state index in [2.05, 4.69) is 4.98 Å². The van der Waals surface area contributed by atoms with Gasteiger partial charge in [-0.1, -0.05) is 78.9 Å². The van der Waals surface area contributed by atoms with Crippen molar-refractivity contribution in [2.45, 2.75) is 22.9 Å². The zero-order valence-corrected chi connectivity index (χ0v) is 21.2. The molecule has 1 aliphatic heterocycles. The van der Waals surface area contributed by atoms with Gasteiger partial charge in [0.05, 0.1) is 11.6 Å². The van der Waals surface area contributed by atoms with Crippen LogP contribution in [0.5, 0.6) is 0 Å². The number of hydrogen-bond acceptors (Lipinski definition) is 5. The van der Waals surface area contributed by atoms with Crippen molar-refractivity contribution in [3.05, 3.63) is 108 Å². The van der Waals surface area contributed by atoms with E-state index in [1.165, 1.54) is 17.2 Å². The van der Waals surface area contributed by atoms with E-state index in [1.807, 2.05) is 60.7 Å². The van der Waals surface area contributed by atoms with Crippen LogP contribution in [0.3, 0.4) is 0 Å². The van der Waals surface area contributed by atoms with Crippen LogP contribution >= 0.6 is 0 Å². The lowest BCUT2D eigenvalue weighted by Gasteiger charge is -2.48. The Bertz CT molecular complexity index is 1540. The van der Waals surface area contributed by atoms with Crippen molar-refractivity contribution >= 4 is 32.9 Å². The molecule has 0 radical (unpaired) electrons. The largest absolute Gasteiger partial charge is 0.368 e. The van der Waals surface area contributed by atoms with Gasteiger partial charge in [0.25, 0.3) is 0 Å². The van der Waals surface area contributed by atoms with E-state index in [4.69, 9.17) is 11.5 Å². The molecule has 2 atom stereocenters. The Morgan fingerprint density at radius 3 is 2.00 bits per heavy atom. The van der Waals surface area contributed by atoms with E-state index in [1.54, 1.807) is 24.3 Å². The monoisotopic (exact) mass is 529 g/mol. The number of carbonyl (C=O) groups is 2. The molecule has 4 N–H and O–H groups in total. The molecule has 3 aromatic carbocycles. The maximum absolute atomic E-state index is 14.2. The second-order valence-corrected chi connectivity index (χ2v) is 11.0. The summed E-state index contributed by atoms with van der Waals surface area (Å²) in [6.45, 7) is -0.174. The van der Waals surface area contributed by atoms with Crippen LogP contribution in [0.4, 0.5) is 4.79 Å². The van der Waals surface area contributed by atoms with Crippen molar-refractivity contribution in [1.82, 2.24) is 14.2 Å². The normalized spacial score (nSPS) is 18.5. The summed E-state index contributed by atoms with van der Waals surface area (Å²) in [6.07, 6.45) is 1.52. The molecule has 0 spiro atoms. The lowest BCUT2D eigenvalue weighted by atomic mass is 9.79. The fourth-order valence-corrected chi connectivity index (χ4v) is 7.12. The molecule has 4 aromatic rings. The first-order valence-corrected chi connectivity index (χ1v) is 13.6. The van der Waals surface area contributed by atoms with Gasteiger partial charge >= 0.3 is 6.03 Å². The Kier molecular flexibility index (Phi) is 6.83. The molecular weight excluding hydrogens is 502 g/mol. The average Bonchev–Trinajstić information content (AvgIpc) is 2.93. The predicted molar refractivity (Wildman–Crippen MR) is 143 cm³/mol. The molecule has 2 unspecified atom stereocenters. The topological polar surface area (TPSA) is 140 Å². The number of nitrogens with two attached hydrogens (primary N) is 2. The number of piperazine rings is 1. The number of rotatable bonds is 6. The van der Waals surface area contributed by atoms with Crippen molar-refractivity contribution in [2.24, 2.45) is 11.5 Å². The van der Waals surface area contributed by atoms with Crippen molar-refractivity contribution < 1.29 is 18.0 Å². The van der Waals surface area contributed by atoms with Crippen LogP contribution in [0.25, 0.3) is 10.9 Å². The molecule has 10 heteroatoms. The number of amides is 3. The summed E-state index contributed by atoms with van der Waals surface area (Å²) in [4.78, 5) is 31.5. The number of pyridine rings is 1. The summed E-state index contributed by atoms with van der Waals surface area (Å²) in [5.41, 5.74) is 13.6. The smallest absolute Gasteiger partial charge is 0.315 e. The van der Waals surface area contributed by atoms with Gasteiger partial charge in [-0.15, -0.1) is 0 Å². The molecule has 1 saturated heterocycles. The van der Waals surface area contributed by atoms with Crippen LogP contribution in [0.2, 0.25) is 0 Å². The van der Waals surface area contributed by atoms with Gasteiger partial charge in [-0.05, 0) is 23.3 Å². The fourth-order valence-electron chi connectivity index (χ4n) is 5.35. The summed E-state index contributed by atoms with van der Waals surface area (Å²) in [7, 11) is -4.27. The molecule has 1 aliphatic rings. The third-order valence-electron chi connectivity index (χ3n) is 6.97. The second-order valence-electron chi connectivity index (χ2n) is 9.12. The Morgan fingerprint density at radius 1 is 0.816 bits per heavy atom. The Hall–Kier alpha value is -4.28. The quantitative estimate of drug-likeness (QED) is 0.395. The second kappa shape index (κ2) is 10.2. The van der Waals surface area contributed by atoms with Crippen LogP contribution in [0, 0.1) is 0 Å². The van der Waals surface area contributed by atoms with E-state index in [-0.39, 0.29) is 23.5 Å². The minimum absolute atomic E-state index is 0.0165. The number of nitrogens with zero attached hydrogens (tertiary/aromatic N) is 3. The number of benzene rings is 3. The fraction of sp³-hybridized carbons (Fsp3) is 0.179. The van der Waals surface area contributed by atoms with Gasteiger partial charge in [-0.3, -0.25) is 9.78 Å². The highest BCUT2D eigenvalue weighted by atomic mass is 32.2. The van der Waals surface area contributed by atoms with E-state index in [9.17, 15) is 18.0 Å². The number of aromatic nitrogens is 1. The maximum atomic E-state index is 14.2. The lowest BCUT2D eigenvalue weighted by Crippen LogP contribution is -2.68. The third-order valence-corrected chi connectivity index (χ3v) is 8.88. The first-order valence-electron chi connectivity index (χ1n) is 12.1. The SMILES string of the molecule is NC(=O)C1C(C(c2ccccc2)c2ccccc2)N(C(N)=O)CCN1S(=O)(=O)c1cccc2cccnc12. The van der Waals surface area contributed by atoms with E-state index in [0.29, 0.717) is 5.39 Å². The van der Waals surface area contributed by atoms with E-state index < -0.39 is 40.0 Å². The number of sulfonamides is 1. The molecule has 3 amide bonds. The van der Waals surface area contributed by atoms with Gasteiger partial charge < -0.3 is 16.4 Å². The van der Waals surface area contributed by atoms with Gasteiger partial charge in [-0.2, -0.15) is 4.31 Å². The van der Waals surface area contributed by atoms with Gasteiger partial charge in [0.2, 0.25) is 15.9 Å². The number of para-hydroxylation sites is 1. The summed E-state index contributed by atoms with van der Waals surface area (Å²) < 4.78 is 29.5. The zero-order chi connectivity index (χ0) is 26.9. The minimum Gasteiger partial charge on any atom is -0.368 e. The van der Waals surface area contributed by atoms with Gasteiger partial charge in [0.15, 0.2) is 0 Å². The van der Waals surface area contributed by atoms with Gasteiger partial charge in [0.1, 0.15) is 10.9 Å². The van der Waals surface area contributed by atoms with Crippen molar-refractivity contribution in [3.63, 3.8) is 0 Å². The van der Waals surface area contributed by atoms with Crippen LogP contribution in [0.1, 0.15) is 17.0 Å². The predicted octanol–water partition coefficient (Wildman–Crippen LogP) is 2.67. The Morgan fingerprint density at radius 2 is 1.42 bits per heavy atom. The number of hydrogen-bond donors (Lipinski definition) is 2. The summed E-state index contributed by atoms with van der Waals surface area (Å²) >= 11 is 0. The maximum Gasteiger partial charge on any atom is 0.315 e. The highest BCUT2D eigenvalue weighted by molar-refractivity contribution is 7.89. The number of urea groups is 1. The number of primary amides is 2. The first-order chi connectivity index (χ1) is 18.3. The summed E-state index contributed by atoms with van der Waals surface area (Å²) in [6, 6.07) is 23.8. The standard InChI is InChI=1S/C28H27N5O4S/c29-27(34)26-25(23(19-9-3-1-4-10-19)20-11-5-2-6-12-20)32(28(30)35)17-18-33(26)38(36,37)22-15-7-13-21-14-8-16-31-24(21)22/h1-16,23,25-26H,17-18H2,(H2,29,34)(H2,30,35). The van der Waals surface area contributed by atoms with Gasteiger partial charge in [-0.25, -0.2) is 13.2 Å². The minimum atomic E-state index is -4.27. The molecular formula is C28H27N5O4S. The van der Waals surface area contributed by atoms with Crippen LogP contribution < -0.4 is 11.5 Å². The van der Waals surface area contributed by atoms with Crippen molar-refractivity contribution in [2.75, 3.05) is 13.1 Å². The van der Waals surface area contributed by atoms with E-state index in [0.717, 1.165) is 15.4 Å². The zero-order valence-electron chi connectivity index (χ0n) is 20.4. The molecule has 1 fully saturated rings. The Labute approximate surface area is 220 Å². The number of carbonyl (C=O) groups excluding carboxylic acids is 2. The molecule has 9 nitrogen and oxygen atoms in total.